The normalized spacial score (nSPS) is 12.0. The summed E-state index contributed by atoms with van der Waals surface area (Å²) >= 11 is 1.45. The van der Waals surface area contributed by atoms with Gasteiger partial charge < -0.3 is 11.6 Å². The van der Waals surface area contributed by atoms with Gasteiger partial charge in [0.25, 0.3) is 0 Å². The zero-order valence-corrected chi connectivity index (χ0v) is 7.67. The maximum absolute atomic E-state index is 5.48. The van der Waals surface area contributed by atoms with Gasteiger partial charge in [0.1, 0.15) is 0 Å². The summed E-state index contributed by atoms with van der Waals surface area (Å²) in [5.41, 5.74) is 5.75. The van der Waals surface area contributed by atoms with Crippen molar-refractivity contribution in [3.8, 4) is 0 Å². The highest BCUT2D eigenvalue weighted by Crippen LogP contribution is 2.05. The summed E-state index contributed by atoms with van der Waals surface area (Å²) in [6, 6.07) is 0. The van der Waals surface area contributed by atoms with E-state index in [1.807, 2.05) is 6.26 Å². The van der Waals surface area contributed by atoms with E-state index in [1.165, 1.54) is 11.8 Å². The predicted molar refractivity (Wildman–Crippen MR) is 46.9 cm³/mol. The third-order valence-corrected chi connectivity index (χ3v) is 1.99. The zero-order chi connectivity index (χ0) is 9.14. The number of thioether (sulfide) groups is 1. The number of aryl methyl sites for hydroxylation is 1. The second kappa shape index (κ2) is 3.44. The Hall–Kier alpha value is -1.24. The summed E-state index contributed by atoms with van der Waals surface area (Å²) in [4.78, 5) is 4.06. The Morgan fingerprint density at radius 1 is 1.58 bits per heavy atom. The van der Waals surface area contributed by atoms with Crippen molar-refractivity contribution in [2.75, 3.05) is 12.0 Å². The average molecular weight is 186 g/mol. The Morgan fingerprint density at radius 3 is 2.75 bits per heavy atom. The van der Waals surface area contributed by atoms with E-state index in [2.05, 4.69) is 15.2 Å². The molecule has 0 atom stereocenters. The highest BCUT2D eigenvalue weighted by Gasteiger charge is 2.01. The molecule has 1 heterocycles. The number of rotatable bonds is 1. The van der Waals surface area contributed by atoms with Gasteiger partial charge in [-0.3, -0.25) is 0 Å². The van der Waals surface area contributed by atoms with E-state index in [-0.39, 0.29) is 11.3 Å². The first kappa shape index (κ1) is 8.85. The van der Waals surface area contributed by atoms with Crippen LogP contribution in [0.15, 0.2) is 10.3 Å². The smallest absolute Gasteiger partial charge is 0.218 e. The van der Waals surface area contributed by atoms with Gasteiger partial charge in [-0.25, -0.2) is 4.68 Å². The summed E-state index contributed by atoms with van der Waals surface area (Å²) in [6.07, 6.45) is 1.89. The minimum Gasteiger partial charge on any atom is -0.379 e. The van der Waals surface area contributed by atoms with Gasteiger partial charge in [0.15, 0.2) is 11.0 Å². The van der Waals surface area contributed by atoms with E-state index in [4.69, 9.17) is 11.6 Å². The van der Waals surface area contributed by atoms with Gasteiger partial charge in [0, 0.05) is 7.05 Å². The van der Waals surface area contributed by atoms with Crippen LogP contribution in [0.5, 0.6) is 0 Å². The molecular weight excluding hydrogens is 176 g/mol. The lowest BCUT2D eigenvalue weighted by Gasteiger charge is -2.03. The summed E-state index contributed by atoms with van der Waals surface area (Å²) in [6.45, 7) is 0. The number of nitrogen functional groups attached to an aromatic ring is 1. The first-order valence-corrected chi connectivity index (χ1v) is 4.40. The number of anilines is 1. The number of nitrogens with zero attached hydrogens (tertiary/aromatic N) is 4. The second-order valence-corrected chi connectivity index (χ2v) is 2.83. The van der Waals surface area contributed by atoms with Gasteiger partial charge in [-0.15, -0.1) is 5.10 Å². The van der Waals surface area contributed by atoms with Crippen LogP contribution < -0.4 is 17.1 Å². The first-order valence-electron chi connectivity index (χ1n) is 3.17. The molecule has 6 nitrogen and oxygen atoms in total. The molecule has 1 aromatic rings. The van der Waals surface area contributed by atoms with Crippen LogP contribution in [0.3, 0.4) is 0 Å². The first-order chi connectivity index (χ1) is 5.69. The van der Waals surface area contributed by atoms with Crippen LogP contribution in [0.25, 0.3) is 0 Å². The molecule has 0 amide bonds. The van der Waals surface area contributed by atoms with Crippen LogP contribution in [0, 0.1) is 0 Å². The van der Waals surface area contributed by atoms with Crippen molar-refractivity contribution >= 4 is 17.6 Å². The summed E-state index contributed by atoms with van der Waals surface area (Å²) in [5.74, 6) is 5.28. The fraction of sp³-hybridized carbons (Fsp3) is 0.400. The van der Waals surface area contributed by atoms with Crippen LogP contribution >= 0.6 is 11.8 Å². The Bertz CT molecular complexity index is 342. The van der Waals surface area contributed by atoms with E-state index >= 15 is 0 Å². The minimum atomic E-state index is 0.234. The van der Waals surface area contributed by atoms with Crippen molar-refractivity contribution in [3.05, 3.63) is 5.49 Å². The van der Waals surface area contributed by atoms with E-state index in [0.717, 1.165) is 0 Å². The molecule has 0 fully saturated rings. The quantitative estimate of drug-likeness (QED) is 0.329. The van der Waals surface area contributed by atoms with Crippen molar-refractivity contribution < 1.29 is 0 Å². The van der Waals surface area contributed by atoms with E-state index in [9.17, 15) is 0 Å². The Labute approximate surface area is 73.7 Å². The standard InChI is InChI=1S/C5H10N6S/c1-11-5(12-2)8-4(9-7)3(6)10-11/h7H2,1-2H3,(H2,6,10)/b9-4+. The molecule has 0 aromatic carbocycles. The molecular formula is C5H10N6S. The third kappa shape index (κ3) is 1.50. The lowest BCUT2D eigenvalue weighted by molar-refractivity contribution is 0.613. The van der Waals surface area contributed by atoms with Crippen molar-refractivity contribution in [3.63, 3.8) is 0 Å². The zero-order valence-electron chi connectivity index (χ0n) is 6.85. The van der Waals surface area contributed by atoms with E-state index in [0.29, 0.717) is 5.16 Å². The average Bonchev–Trinajstić information content (AvgIpc) is 2.05. The van der Waals surface area contributed by atoms with E-state index in [1.54, 1.807) is 11.7 Å². The maximum atomic E-state index is 5.48. The Kier molecular flexibility index (Phi) is 2.54. The molecule has 4 N–H and O–H groups in total. The molecule has 0 bridgehead atoms. The molecule has 7 heteroatoms. The summed E-state index contributed by atoms with van der Waals surface area (Å²) < 4.78 is 1.58. The molecule has 0 radical (unpaired) electrons. The third-order valence-electron chi connectivity index (χ3n) is 1.27. The lowest BCUT2D eigenvalue weighted by atomic mass is 10.7. The van der Waals surface area contributed by atoms with Crippen LogP contribution in [-0.4, -0.2) is 21.0 Å². The fourth-order valence-electron chi connectivity index (χ4n) is 0.742. The summed E-state index contributed by atoms with van der Waals surface area (Å²) in [7, 11) is 1.76. The number of hydrogen-bond acceptors (Lipinski definition) is 6. The number of nitrogens with two attached hydrogens (primary N) is 2. The monoisotopic (exact) mass is 186 g/mol. The number of hydrogen-bond donors (Lipinski definition) is 2. The van der Waals surface area contributed by atoms with Gasteiger partial charge in [-0.05, 0) is 6.26 Å². The van der Waals surface area contributed by atoms with Crippen molar-refractivity contribution in [2.24, 2.45) is 18.0 Å². The van der Waals surface area contributed by atoms with Gasteiger partial charge in [0.05, 0.1) is 0 Å². The van der Waals surface area contributed by atoms with Crippen LogP contribution in [0.4, 0.5) is 5.82 Å². The molecule has 0 spiro atoms. The largest absolute Gasteiger partial charge is 0.379 e. The van der Waals surface area contributed by atoms with Crippen molar-refractivity contribution in [1.82, 2.24) is 14.8 Å². The molecule has 0 unspecified atom stereocenters. The minimum absolute atomic E-state index is 0.234. The van der Waals surface area contributed by atoms with E-state index < -0.39 is 0 Å². The summed E-state index contributed by atoms with van der Waals surface area (Å²) in [5, 5.41) is 8.06. The molecule has 0 saturated heterocycles. The topological polar surface area (TPSA) is 95.1 Å². The second-order valence-electron chi connectivity index (χ2n) is 2.06. The molecule has 66 valence electrons. The van der Waals surface area contributed by atoms with Gasteiger partial charge in [0.2, 0.25) is 5.49 Å². The molecule has 1 aromatic heterocycles. The fourth-order valence-corrected chi connectivity index (χ4v) is 1.22. The van der Waals surface area contributed by atoms with Gasteiger partial charge in [-0.2, -0.15) is 10.1 Å². The van der Waals surface area contributed by atoms with Crippen LogP contribution in [0.1, 0.15) is 0 Å². The number of aromatic nitrogens is 3. The molecule has 0 aliphatic carbocycles. The maximum Gasteiger partial charge on any atom is 0.218 e. The van der Waals surface area contributed by atoms with Crippen LogP contribution in [0.2, 0.25) is 0 Å². The van der Waals surface area contributed by atoms with Crippen molar-refractivity contribution in [1.29, 1.82) is 0 Å². The van der Waals surface area contributed by atoms with Gasteiger partial charge in [-0.1, -0.05) is 11.8 Å². The molecule has 0 saturated carbocycles. The highest BCUT2D eigenvalue weighted by atomic mass is 32.2. The SMILES string of the molecule is CSc1n/c(=N/N)c(N)nn1C. The Balaban J connectivity index is 3.38. The van der Waals surface area contributed by atoms with Gasteiger partial charge >= 0.3 is 0 Å². The molecule has 0 aliphatic heterocycles. The predicted octanol–water partition coefficient (Wildman–Crippen LogP) is -1.11. The van der Waals surface area contributed by atoms with Crippen LogP contribution in [-0.2, 0) is 7.05 Å². The molecule has 12 heavy (non-hydrogen) atoms. The van der Waals surface area contributed by atoms with Crippen molar-refractivity contribution in [2.45, 2.75) is 5.16 Å². The molecule has 1 rings (SSSR count). The Morgan fingerprint density at radius 2 is 2.25 bits per heavy atom. The lowest BCUT2D eigenvalue weighted by Crippen LogP contribution is -2.23. The highest BCUT2D eigenvalue weighted by molar-refractivity contribution is 7.98. The molecule has 0 aliphatic rings.